The number of rotatable bonds is 6. The monoisotopic (exact) mass is 470 g/mol. The molecule has 0 saturated heterocycles. The van der Waals surface area contributed by atoms with E-state index in [9.17, 15) is 26.3 Å². The third-order valence-corrected chi connectivity index (χ3v) is 5.20. The lowest BCUT2D eigenvalue weighted by molar-refractivity contribution is 0.358. The van der Waals surface area contributed by atoms with Gasteiger partial charge in [-0.05, 0) is 28.6 Å². The molecule has 7 heteroatoms. The highest BCUT2D eigenvalue weighted by Crippen LogP contribution is 2.34. The van der Waals surface area contributed by atoms with Crippen LogP contribution in [0.2, 0.25) is 0 Å². The van der Waals surface area contributed by atoms with Gasteiger partial charge >= 0.3 is 0 Å². The number of hydrogen-bond acceptors (Lipinski definition) is 1. The lowest BCUT2D eigenvalue weighted by Gasteiger charge is -2.11. The van der Waals surface area contributed by atoms with Crippen LogP contribution in [0.5, 0.6) is 5.75 Å². The molecule has 0 amide bonds. The first-order chi connectivity index (χ1) is 16.3. The summed E-state index contributed by atoms with van der Waals surface area (Å²) in [5.41, 5.74) is -0.178. The largest absolute Gasteiger partial charge is 0.489 e. The van der Waals surface area contributed by atoms with Gasteiger partial charge in [0.1, 0.15) is 35.6 Å². The summed E-state index contributed by atoms with van der Waals surface area (Å²) in [5, 5.41) is 0.473. The number of benzene rings is 4. The molecule has 1 nitrogen and oxygen atoms in total. The molecule has 172 valence electrons. The molecule has 0 bridgehead atoms. The molecule has 0 unspecified atom stereocenters. The summed E-state index contributed by atoms with van der Waals surface area (Å²) in [6.45, 7) is 3.53. The molecule has 0 N–H and O–H groups in total. The van der Waals surface area contributed by atoms with Crippen LogP contribution in [0.1, 0.15) is 5.56 Å². The first-order valence-corrected chi connectivity index (χ1v) is 10.1. The van der Waals surface area contributed by atoms with Crippen molar-refractivity contribution in [1.82, 2.24) is 0 Å². The van der Waals surface area contributed by atoms with Gasteiger partial charge in [0.15, 0.2) is 0 Å². The van der Waals surface area contributed by atoms with Crippen LogP contribution in [0, 0.1) is 23.3 Å². The Morgan fingerprint density at radius 3 is 2.15 bits per heavy atom. The average molecular weight is 470 g/mol. The molecular formula is C27H16F6O. The predicted molar refractivity (Wildman–Crippen MR) is 121 cm³/mol. The summed E-state index contributed by atoms with van der Waals surface area (Å²) >= 11 is 0. The van der Waals surface area contributed by atoms with E-state index in [1.165, 1.54) is 48.5 Å². The highest BCUT2D eigenvalue weighted by atomic mass is 19.3. The van der Waals surface area contributed by atoms with Gasteiger partial charge in [0, 0.05) is 34.7 Å². The van der Waals surface area contributed by atoms with Crippen molar-refractivity contribution >= 4 is 16.8 Å². The van der Waals surface area contributed by atoms with Gasteiger partial charge in [-0.1, -0.05) is 49.1 Å². The third kappa shape index (κ3) is 4.55. The molecule has 0 saturated carbocycles. The minimum absolute atomic E-state index is 0.0111. The van der Waals surface area contributed by atoms with Crippen LogP contribution in [0.3, 0.4) is 0 Å². The van der Waals surface area contributed by atoms with Crippen LogP contribution < -0.4 is 4.74 Å². The Hall–Kier alpha value is -4.00. The maximum atomic E-state index is 15.0. The Bertz CT molecular complexity index is 1410. The number of halogens is 6. The maximum Gasteiger partial charge on any atom is 0.271 e. The molecule has 0 atom stereocenters. The Morgan fingerprint density at radius 1 is 0.794 bits per heavy atom. The molecule has 4 rings (SSSR count). The second-order valence-corrected chi connectivity index (χ2v) is 7.39. The van der Waals surface area contributed by atoms with Crippen molar-refractivity contribution in [3.05, 3.63) is 108 Å². The summed E-state index contributed by atoms with van der Waals surface area (Å²) < 4.78 is 88.7. The summed E-state index contributed by atoms with van der Waals surface area (Å²) in [7, 11) is 0. The van der Waals surface area contributed by atoms with E-state index in [2.05, 4.69) is 6.58 Å². The molecule has 0 fully saturated rings. The number of ether oxygens (including phenoxy) is 1. The first kappa shape index (κ1) is 23.2. The van der Waals surface area contributed by atoms with E-state index in [0.29, 0.717) is 17.0 Å². The van der Waals surface area contributed by atoms with Gasteiger partial charge in [-0.25, -0.2) is 17.6 Å². The number of fused-ring (bicyclic) bond motifs is 1. The van der Waals surface area contributed by atoms with Gasteiger partial charge in [-0.15, -0.1) is 0 Å². The Balaban J connectivity index is 1.71. The lowest BCUT2D eigenvalue weighted by atomic mass is 9.96. The van der Waals surface area contributed by atoms with E-state index >= 15 is 0 Å². The van der Waals surface area contributed by atoms with Gasteiger partial charge in [0.25, 0.3) is 6.08 Å². The van der Waals surface area contributed by atoms with Crippen LogP contribution in [-0.4, -0.2) is 6.61 Å². The summed E-state index contributed by atoms with van der Waals surface area (Å²) in [6, 6.07) is 12.7. The molecule has 0 aliphatic carbocycles. The van der Waals surface area contributed by atoms with E-state index in [1.807, 2.05) is 0 Å². The Labute approximate surface area is 191 Å². The Morgan fingerprint density at radius 2 is 1.50 bits per heavy atom. The zero-order valence-corrected chi connectivity index (χ0v) is 17.5. The summed E-state index contributed by atoms with van der Waals surface area (Å²) in [4.78, 5) is 0. The fraction of sp³-hybridized carbons (Fsp3) is 0.0370. The molecule has 0 radical (unpaired) electrons. The normalized spacial score (nSPS) is 10.9. The standard InChI is InChI=1S/C27H16F6O/c1-2-9-34-19-13-23(29)26(24(30)14-19)17-6-7-20(22(28)11-17)15-5-8-21-16(10-15)3-4-18(27(21)33)12-25(31)32/h2-8,10-14H,1,9H2. The van der Waals surface area contributed by atoms with Crippen molar-refractivity contribution in [3.63, 3.8) is 0 Å². The van der Waals surface area contributed by atoms with Crippen molar-refractivity contribution in [3.8, 4) is 28.0 Å². The van der Waals surface area contributed by atoms with Crippen molar-refractivity contribution in [1.29, 1.82) is 0 Å². The van der Waals surface area contributed by atoms with E-state index < -0.39 is 34.9 Å². The molecule has 0 aliphatic heterocycles. The molecule has 4 aromatic carbocycles. The molecule has 0 aromatic heterocycles. The zero-order valence-electron chi connectivity index (χ0n) is 17.5. The summed E-state index contributed by atoms with van der Waals surface area (Å²) in [5.74, 6) is -3.42. The molecule has 0 heterocycles. The fourth-order valence-electron chi connectivity index (χ4n) is 3.67. The van der Waals surface area contributed by atoms with E-state index in [0.717, 1.165) is 18.2 Å². The van der Waals surface area contributed by atoms with Crippen molar-refractivity contribution in [2.75, 3.05) is 6.61 Å². The molecular weight excluding hydrogens is 454 g/mol. The van der Waals surface area contributed by atoms with Gasteiger partial charge in [0.2, 0.25) is 0 Å². The second kappa shape index (κ2) is 9.47. The first-order valence-electron chi connectivity index (χ1n) is 10.1. The van der Waals surface area contributed by atoms with E-state index in [1.54, 1.807) is 0 Å². The van der Waals surface area contributed by atoms with Gasteiger partial charge in [-0.2, -0.15) is 8.78 Å². The molecule has 0 spiro atoms. The fourth-order valence-corrected chi connectivity index (χ4v) is 3.67. The van der Waals surface area contributed by atoms with Crippen LogP contribution >= 0.6 is 0 Å². The Kier molecular flexibility index (Phi) is 6.45. The number of hydrogen-bond donors (Lipinski definition) is 0. The van der Waals surface area contributed by atoms with Crippen LogP contribution in [-0.2, 0) is 0 Å². The predicted octanol–water partition coefficient (Wildman–Crippen LogP) is 8.53. The van der Waals surface area contributed by atoms with Crippen molar-refractivity contribution in [2.24, 2.45) is 0 Å². The highest BCUT2D eigenvalue weighted by molar-refractivity contribution is 5.90. The van der Waals surface area contributed by atoms with Crippen LogP contribution in [0.4, 0.5) is 26.3 Å². The van der Waals surface area contributed by atoms with Crippen molar-refractivity contribution in [2.45, 2.75) is 0 Å². The minimum Gasteiger partial charge on any atom is -0.489 e. The van der Waals surface area contributed by atoms with Gasteiger partial charge < -0.3 is 4.74 Å². The lowest BCUT2D eigenvalue weighted by Crippen LogP contribution is -1.97. The highest BCUT2D eigenvalue weighted by Gasteiger charge is 2.17. The maximum absolute atomic E-state index is 15.0. The van der Waals surface area contributed by atoms with Gasteiger partial charge in [-0.3, -0.25) is 0 Å². The zero-order chi connectivity index (χ0) is 24.4. The topological polar surface area (TPSA) is 9.23 Å². The second-order valence-electron chi connectivity index (χ2n) is 7.39. The van der Waals surface area contributed by atoms with E-state index in [-0.39, 0.29) is 34.4 Å². The molecule has 34 heavy (non-hydrogen) atoms. The van der Waals surface area contributed by atoms with Gasteiger partial charge in [0.05, 0.1) is 5.56 Å². The van der Waals surface area contributed by atoms with Crippen LogP contribution in [0.15, 0.2) is 79.4 Å². The minimum atomic E-state index is -2.02. The molecule has 0 aliphatic rings. The average Bonchev–Trinajstić information content (AvgIpc) is 2.79. The third-order valence-electron chi connectivity index (χ3n) is 5.20. The summed E-state index contributed by atoms with van der Waals surface area (Å²) in [6.07, 6.45) is -0.167. The smallest absolute Gasteiger partial charge is 0.271 e. The van der Waals surface area contributed by atoms with E-state index in [4.69, 9.17) is 4.74 Å². The SMILES string of the molecule is C=CCOc1cc(F)c(-c2ccc(-c3ccc4c(F)c(C=C(F)F)ccc4c3)c(F)c2)c(F)c1. The van der Waals surface area contributed by atoms with Crippen molar-refractivity contribution < 1.29 is 31.1 Å². The quantitative estimate of drug-likeness (QED) is 0.203. The molecule has 4 aromatic rings. The van der Waals surface area contributed by atoms with Crippen LogP contribution in [0.25, 0.3) is 39.1 Å².